The first-order chi connectivity index (χ1) is 9.23. The number of hydrogen-bond donors (Lipinski definition) is 0. The van der Waals surface area contributed by atoms with Gasteiger partial charge in [-0.3, -0.25) is 14.7 Å². The second-order valence-corrected chi connectivity index (χ2v) is 5.00. The summed E-state index contributed by atoms with van der Waals surface area (Å²) in [5.74, 6) is -1.28. The molecule has 0 saturated carbocycles. The van der Waals surface area contributed by atoms with E-state index >= 15 is 0 Å². The average molecular weight is 284 g/mol. The maximum Gasteiger partial charge on any atom is 0.415 e. The molecule has 1 rings (SSSR count). The van der Waals surface area contributed by atoms with Gasteiger partial charge in [-0.25, -0.2) is 9.18 Å². The van der Waals surface area contributed by atoms with Crippen LogP contribution in [0.4, 0.5) is 14.9 Å². The molecule has 110 valence electrons. The molecule has 0 aliphatic carbocycles. The van der Waals surface area contributed by atoms with Crippen molar-refractivity contribution in [3.63, 3.8) is 0 Å². The number of nitrogens with zero attached hydrogens (tertiary/aromatic N) is 2. The van der Waals surface area contributed by atoms with Crippen LogP contribution in [0.1, 0.15) is 20.8 Å². The van der Waals surface area contributed by atoms with Gasteiger partial charge in [-0.15, -0.1) is 0 Å². The summed E-state index contributed by atoms with van der Waals surface area (Å²) in [6.45, 7) is 4.66. The van der Waals surface area contributed by atoms with E-state index < -0.39 is 30.0 Å². The number of anilines is 1. The molecule has 0 aliphatic heterocycles. The Morgan fingerprint density at radius 3 is 2.50 bits per heavy atom. The molecule has 0 bridgehead atoms. The van der Waals surface area contributed by atoms with Gasteiger partial charge in [0, 0.05) is 6.07 Å². The summed E-state index contributed by atoms with van der Waals surface area (Å²) in [4.78, 5) is 28.0. The maximum atomic E-state index is 13.2. The Kier molecular flexibility index (Phi) is 5.01. The van der Waals surface area contributed by atoms with Crippen LogP contribution in [-0.2, 0) is 14.3 Å². The minimum atomic E-state index is -0.782. The molecule has 20 heavy (non-hydrogen) atoms. The molecule has 0 aliphatic rings. The number of ether oxygens (including phenoxy) is 2. The van der Waals surface area contributed by atoms with Crippen molar-refractivity contribution < 1.29 is 23.5 Å². The number of methoxy groups -OCH3 is 1. The highest BCUT2D eigenvalue weighted by Gasteiger charge is 2.26. The van der Waals surface area contributed by atoms with Gasteiger partial charge in [0.1, 0.15) is 18.0 Å². The highest BCUT2D eigenvalue weighted by atomic mass is 19.1. The minimum Gasteiger partial charge on any atom is -0.468 e. The van der Waals surface area contributed by atoms with Crippen LogP contribution in [0, 0.1) is 5.82 Å². The SMILES string of the molecule is COC(=O)CN(C(=O)OC(C)(C)C)c1cncc(F)c1. The fourth-order valence-electron chi connectivity index (χ4n) is 1.32. The molecule has 0 radical (unpaired) electrons. The summed E-state index contributed by atoms with van der Waals surface area (Å²) in [5.41, 5.74) is -0.628. The molecular formula is C13H17FN2O4. The van der Waals surface area contributed by atoms with Gasteiger partial charge in [0.25, 0.3) is 0 Å². The van der Waals surface area contributed by atoms with Gasteiger partial charge in [0.2, 0.25) is 0 Å². The number of carbonyl (C=O) groups is 2. The monoisotopic (exact) mass is 284 g/mol. The molecule has 0 fully saturated rings. The number of pyridine rings is 1. The van der Waals surface area contributed by atoms with E-state index in [1.807, 2.05) is 0 Å². The molecule has 0 spiro atoms. The molecule has 6 nitrogen and oxygen atoms in total. The number of aromatic nitrogens is 1. The third-order valence-corrected chi connectivity index (χ3v) is 2.13. The molecule has 0 atom stereocenters. The van der Waals surface area contributed by atoms with Gasteiger partial charge in [-0.05, 0) is 20.8 Å². The fourth-order valence-corrected chi connectivity index (χ4v) is 1.32. The lowest BCUT2D eigenvalue weighted by Gasteiger charge is -2.26. The summed E-state index contributed by atoms with van der Waals surface area (Å²) >= 11 is 0. The van der Waals surface area contributed by atoms with E-state index in [1.165, 1.54) is 13.3 Å². The third kappa shape index (κ3) is 4.83. The Morgan fingerprint density at radius 2 is 2.00 bits per heavy atom. The van der Waals surface area contributed by atoms with E-state index in [9.17, 15) is 14.0 Å². The van der Waals surface area contributed by atoms with Gasteiger partial charge in [0.15, 0.2) is 0 Å². The number of amides is 1. The van der Waals surface area contributed by atoms with Gasteiger partial charge in [-0.2, -0.15) is 0 Å². The summed E-state index contributed by atoms with van der Waals surface area (Å²) in [6.07, 6.45) is 1.47. The third-order valence-electron chi connectivity index (χ3n) is 2.13. The van der Waals surface area contributed by atoms with Crippen molar-refractivity contribution in [3.05, 3.63) is 24.3 Å². The van der Waals surface area contributed by atoms with E-state index in [1.54, 1.807) is 20.8 Å². The molecule has 0 N–H and O–H groups in total. The van der Waals surface area contributed by atoms with Crippen LogP contribution in [0.3, 0.4) is 0 Å². The molecule has 1 amide bonds. The molecule has 7 heteroatoms. The summed E-state index contributed by atoms with van der Waals surface area (Å²) in [7, 11) is 1.19. The van der Waals surface area contributed by atoms with Gasteiger partial charge in [0.05, 0.1) is 25.2 Å². The number of carbonyl (C=O) groups excluding carboxylic acids is 2. The zero-order valence-corrected chi connectivity index (χ0v) is 11.8. The highest BCUT2D eigenvalue weighted by molar-refractivity contribution is 5.93. The normalized spacial score (nSPS) is 10.8. The second-order valence-electron chi connectivity index (χ2n) is 5.00. The number of esters is 1. The predicted molar refractivity (Wildman–Crippen MR) is 69.8 cm³/mol. The Bertz CT molecular complexity index is 499. The minimum absolute atomic E-state index is 0.115. The van der Waals surface area contributed by atoms with Crippen molar-refractivity contribution in [1.82, 2.24) is 4.98 Å². The number of halogens is 1. The van der Waals surface area contributed by atoms with Crippen LogP contribution in [-0.4, -0.2) is 36.3 Å². The van der Waals surface area contributed by atoms with Crippen LogP contribution in [0.15, 0.2) is 18.5 Å². The van der Waals surface area contributed by atoms with Crippen LogP contribution in [0.25, 0.3) is 0 Å². The van der Waals surface area contributed by atoms with Crippen LogP contribution >= 0.6 is 0 Å². The van der Waals surface area contributed by atoms with E-state index in [2.05, 4.69) is 9.72 Å². The average Bonchev–Trinajstić information content (AvgIpc) is 2.33. The topological polar surface area (TPSA) is 68.7 Å². The summed E-state index contributed by atoms with van der Waals surface area (Å²) in [6, 6.07) is 1.08. The van der Waals surface area contributed by atoms with E-state index in [0.29, 0.717) is 0 Å². The molecule has 1 aromatic heterocycles. The predicted octanol–water partition coefficient (Wildman–Crippen LogP) is 2.14. The number of rotatable bonds is 3. The first-order valence-corrected chi connectivity index (χ1v) is 5.91. The summed E-state index contributed by atoms with van der Waals surface area (Å²) in [5, 5.41) is 0. The Balaban J connectivity index is 3.02. The Hall–Kier alpha value is -2.18. The van der Waals surface area contributed by atoms with Crippen molar-refractivity contribution in [2.24, 2.45) is 0 Å². The fraction of sp³-hybridized carbons (Fsp3) is 0.462. The van der Waals surface area contributed by atoms with Gasteiger partial charge < -0.3 is 9.47 Å². The van der Waals surface area contributed by atoms with E-state index in [4.69, 9.17) is 4.74 Å². The quantitative estimate of drug-likeness (QED) is 0.795. The van der Waals surface area contributed by atoms with Crippen molar-refractivity contribution in [3.8, 4) is 0 Å². The van der Waals surface area contributed by atoms with Crippen molar-refractivity contribution in [2.75, 3.05) is 18.6 Å². The maximum absolute atomic E-state index is 13.2. The lowest BCUT2D eigenvalue weighted by atomic mass is 10.2. The van der Waals surface area contributed by atoms with E-state index in [-0.39, 0.29) is 5.69 Å². The zero-order valence-electron chi connectivity index (χ0n) is 11.8. The summed E-state index contributed by atoms with van der Waals surface area (Å²) < 4.78 is 22.9. The molecule has 1 heterocycles. The molecule has 1 aromatic rings. The van der Waals surface area contributed by atoms with Crippen LogP contribution < -0.4 is 4.90 Å². The lowest BCUT2D eigenvalue weighted by molar-refractivity contribution is -0.139. The first-order valence-electron chi connectivity index (χ1n) is 5.91. The Morgan fingerprint density at radius 1 is 1.35 bits per heavy atom. The molecule has 0 unspecified atom stereocenters. The highest BCUT2D eigenvalue weighted by Crippen LogP contribution is 2.18. The van der Waals surface area contributed by atoms with Crippen molar-refractivity contribution in [1.29, 1.82) is 0 Å². The van der Waals surface area contributed by atoms with Gasteiger partial charge >= 0.3 is 12.1 Å². The molecular weight excluding hydrogens is 267 g/mol. The first kappa shape index (κ1) is 15.9. The number of hydrogen-bond acceptors (Lipinski definition) is 5. The Labute approximate surface area is 116 Å². The largest absolute Gasteiger partial charge is 0.468 e. The van der Waals surface area contributed by atoms with Gasteiger partial charge in [-0.1, -0.05) is 0 Å². The molecule has 0 saturated heterocycles. The zero-order chi connectivity index (χ0) is 15.3. The lowest BCUT2D eigenvalue weighted by Crippen LogP contribution is -2.40. The van der Waals surface area contributed by atoms with Crippen molar-refractivity contribution >= 4 is 17.7 Å². The standard InChI is InChI=1S/C13H17FN2O4/c1-13(2,3)20-12(18)16(8-11(17)19-4)10-5-9(14)6-15-7-10/h5-7H,8H2,1-4H3. The second kappa shape index (κ2) is 6.31. The van der Waals surface area contributed by atoms with E-state index in [0.717, 1.165) is 17.2 Å². The van der Waals surface area contributed by atoms with Crippen molar-refractivity contribution in [2.45, 2.75) is 26.4 Å². The molecule has 0 aromatic carbocycles. The smallest absolute Gasteiger partial charge is 0.415 e. The van der Waals surface area contributed by atoms with Crippen LogP contribution in [0.5, 0.6) is 0 Å². The van der Waals surface area contributed by atoms with Crippen LogP contribution in [0.2, 0.25) is 0 Å².